The number of rotatable bonds is 12. The first-order chi connectivity index (χ1) is 57.1. The van der Waals surface area contributed by atoms with Gasteiger partial charge in [0.25, 0.3) is 6.71 Å². The lowest BCUT2D eigenvalue weighted by atomic mass is 9.33. The Balaban J connectivity index is 0.884. The van der Waals surface area contributed by atoms with Gasteiger partial charge in [-0.2, -0.15) is 0 Å². The fourth-order valence-electron chi connectivity index (χ4n) is 19.4. The molecule has 21 aromatic rings. The van der Waals surface area contributed by atoms with Crippen molar-refractivity contribution >= 4 is 122 Å². The molecule has 0 saturated carbocycles. The highest BCUT2D eigenvalue weighted by atomic mass is 15.2. The molecule has 23 rings (SSSR count). The van der Waals surface area contributed by atoms with Crippen LogP contribution in [0.15, 0.2) is 431 Å². The van der Waals surface area contributed by atoms with Crippen molar-refractivity contribution in [2.75, 3.05) is 9.80 Å². The second kappa shape index (κ2) is 26.9. The van der Waals surface area contributed by atoms with E-state index >= 15 is 0 Å². The highest BCUT2D eigenvalue weighted by Gasteiger charge is 2.46. The summed E-state index contributed by atoms with van der Waals surface area (Å²) in [6.07, 6.45) is 0. The lowest BCUT2D eigenvalue weighted by Crippen LogP contribution is -2.61. The van der Waals surface area contributed by atoms with E-state index in [1.54, 1.807) is 0 Å². The van der Waals surface area contributed by atoms with E-state index < -0.39 is 0 Å². The maximum absolute atomic E-state index is 2.72. The number of hydrogen-bond acceptors (Lipinski definition) is 2. The molecule has 5 heteroatoms. The van der Waals surface area contributed by atoms with Crippen molar-refractivity contribution in [1.29, 1.82) is 0 Å². The van der Waals surface area contributed by atoms with Crippen molar-refractivity contribution in [3.63, 3.8) is 0 Å². The maximum Gasteiger partial charge on any atom is 0.252 e. The molecule has 19 aromatic carbocycles. The van der Waals surface area contributed by atoms with Gasteiger partial charge in [-0.25, -0.2) is 0 Å². The summed E-state index contributed by atoms with van der Waals surface area (Å²) < 4.78 is 5.04. The van der Waals surface area contributed by atoms with Gasteiger partial charge >= 0.3 is 0 Å². The quantitative estimate of drug-likeness (QED) is 0.0895. The minimum atomic E-state index is -0.312. The third-order valence-corrected chi connectivity index (χ3v) is 24.3. The standard InChI is InChI=1S/C110H71BN4/c1-7-33-72(34-8-1)78-61-64-82(73-35-9-2-10-36-73)95(67-78)107-93-51-21-19-49-91(93)106(92-50-20-22-52-94(92)107)79-62-65-96-102(68-79)114(109-83(74-37-11-3-12-38-74)53-31-54-84(109)75-39-13-4-14-40-75)104-70-81(113-100-59-29-25-47-89(100)90-48-26-30-60-101(90)113)71-105-108(104)111(96)97-66-63-80(112-98-57-27-23-45-87(98)88-46-24-28-58-99(88)112)69-103(97)115(105)110-85(76-41-15-5-16-42-76)55-32-56-86(110)77-43-17-6-18-44-77/h1-71H. The topological polar surface area (TPSA) is 16.3 Å². The molecule has 115 heavy (non-hydrogen) atoms. The largest absolute Gasteiger partial charge is 0.310 e. The molecular formula is C110H71BN4. The van der Waals surface area contributed by atoms with Gasteiger partial charge in [-0.1, -0.05) is 370 Å². The Morgan fingerprint density at radius 1 is 0.174 bits per heavy atom. The fourth-order valence-corrected chi connectivity index (χ4v) is 19.4. The summed E-state index contributed by atoms with van der Waals surface area (Å²) in [6.45, 7) is -0.312. The van der Waals surface area contributed by atoms with Gasteiger partial charge in [0, 0.05) is 72.2 Å². The van der Waals surface area contributed by atoms with Crippen LogP contribution in [-0.4, -0.2) is 15.8 Å². The maximum atomic E-state index is 2.72. The van der Waals surface area contributed by atoms with Crippen molar-refractivity contribution in [2.45, 2.75) is 0 Å². The van der Waals surface area contributed by atoms with Crippen LogP contribution in [0.5, 0.6) is 0 Å². The second-order valence-corrected chi connectivity index (χ2v) is 30.5. The van der Waals surface area contributed by atoms with E-state index in [1.807, 2.05) is 0 Å². The zero-order valence-corrected chi connectivity index (χ0v) is 62.9. The van der Waals surface area contributed by atoms with Crippen LogP contribution in [0.3, 0.4) is 0 Å². The molecule has 0 spiro atoms. The van der Waals surface area contributed by atoms with Crippen LogP contribution in [0.1, 0.15) is 0 Å². The molecule has 4 heterocycles. The molecule has 0 aliphatic carbocycles. The molecule has 0 amide bonds. The molecule has 2 aliphatic heterocycles. The Labute approximate surface area is 667 Å². The number of benzene rings is 19. The van der Waals surface area contributed by atoms with Gasteiger partial charge in [-0.15, -0.1) is 0 Å². The average molecular weight is 1460 g/mol. The Hall–Kier alpha value is -15.0. The Kier molecular flexibility index (Phi) is 15.4. The molecule has 0 bridgehead atoms. The van der Waals surface area contributed by atoms with E-state index in [0.717, 1.165) is 118 Å². The summed E-state index contributed by atoms with van der Waals surface area (Å²) in [6, 6.07) is 161. The van der Waals surface area contributed by atoms with Crippen molar-refractivity contribution < 1.29 is 0 Å². The molecule has 534 valence electrons. The number of para-hydroxylation sites is 6. The minimum absolute atomic E-state index is 0.312. The first kappa shape index (κ1) is 65.8. The predicted molar refractivity (Wildman–Crippen MR) is 488 cm³/mol. The zero-order valence-electron chi connectivity index (χ0n) is 62.9. The first-order valence-corrected chi connectivity index (χ1v) is 39.8. The van der Waals surface area contributed by atoms with E-state index in [-0.39, 0.29) is 6.71 Å². The SMILES string of the molecule is c1ccc(-c2ccc(-c3ccccc3)c(-c3c4ccccc4c(-c4ccc5c(c4)N(c4c(-c6ccccc6)cccc4-c4ccccc4)c4cc(-n6c7ccccc7c7ccccc76)cc6c4B5c4ccc(-n5c7ccccc7c7ccccc75)cc4N6c4c(-c5ccccc5)cccc4-c4ccccc4)c4ccccc34)c2)cc1. The fraction of sp³-hybridized carbons (Fsp3) is 0. The molecule has 0 atom stereocenters. The van der Waals surface area contributed by atoms with Crippen molar-refractivity contribution in [2.24, 2.45) is 0 Å². The van der Waals surface area contributed by atoms with Gasteiger partial charge in [0.05, 0.1) is 39.1 Å². The third-order valence-electron chi connectivity index (χ3n) is 24.3. The van der Waals surface area contributed by atoms with Crippen LogP contribution < -0.4 is 26.2 Å². The highest BCUT2D eigenvalue weighted by Crippen LogP contribution is 2.56. The van der Waals surface area contributed by atoms with Crippen molar-refractivity contribution in [3.05, 3.63) is 431 Å². The summed E-state index contributed by atoms with van der Waals surface area (Å²) in [5.74, 6) is 0. The van der Waals surface area contributed by atoms with Gasteiger partial charge in [0.15, 0.2) is 0 Å². The minimum Gasteiger partial charge on any atom is -0.310 e. The van der Waals surface area contributed by atoms with Gasteiger partial charge in [-0.3, -0.25) is 0 Å². The Morgan fingerprint density at radius 2 is 0.487 bits per heavy atom. The summed E-state index contributed by atoms with van der Waals surface area (Å²) in [5.41, 5.74) is 35.2. The van der Waals surface area contributed by atoms with Gasteiger partial charge in [0.1, 0.15) is 0 Å². The van der Waals surface area contributed by atoms with E-state index in [2.05, 4.69) is 450 Å². The van der Waals surface area contributed by atoms with Crippen LogP contribution in [0.4, 0.5) is 34.1 Å². The highest BCUT2D eigenvalue weighted by molar-refractivity contribution is 7.00. The lowest BCUT2D eigenvalue weighted by Gasteiger charge is -2.46. The van der Waals surface area contributed by atoms with Crippen LogP contribution in [0.2, 0.25) is 0 Å². The average Bonchev–Trinajstić information content (AvgIpc) is 0.888. The lowest BCUT2D eigenvalue weighted by molar-refractivity contribution is 1.15. The Bertz CT molecular complexity index is 7180. The number of nitrogens with zero attached hydrogens (tertiary/aromatic N) is 4. The number of hydrogen-bond donors (Lipinski definition) is 0. The molecule has 2 aromatic heterocycles. The summed E-state index contributed by atoms with van der Waals surface area (Å²) in [4.78, 5) is 5.41. The first-order valence-electron chi connectivity index (χ1n) is 39.8. The van der Waals surface area contributed by atoms with Crippen molar-refractivity contribution in [3.8, 4) is 100 Å². The third kappa shape index (κ3) is 10.5. The predicted octanol–water partition coefficient (Wildman–Crippen LogP) is 27.6. The number of fused-ring (bicyclic) bond motifs is 12. The smallest absolute Gasteiger partial charge is 0.252 e. The number of anilines is 6. The summed E-state index contributed by atoms with van der Waals surface area (Å²) >= 11 is 0. The van der Waals surface area contributed by atoms with E-state index in [1.165, 1.54) is 98.4 Å². The van der Waals surface area contributed by atoms with E-state index in [9.17, 15) is 0 Å². The molecule has 0 saturated heterocycles. The van der Waals surface area contributed by atoms with Crippen LogP contribution >= 0.6 is 0 Å². The van der Waals surface area contributed by atoms with Crippen LogP contribution in [0.25, 0.3) is 166 Å². The van der Waals surface area contributed by atoms with E-state index in [4.69, 9.17) is 0 Å². The van der Waals surface area contributed by atoms with Gasteiger partial charge in [0.2, 0.25) is 0 Å². The normalized spacial score (nSPS) is 12.3. The van der Waals surface area contributed by atoms with Crippen LogP contribution in [0, 0.1) is 0 Å². The second-order valence-electron chi connectivity index (χ2n) is 30.5. The number of aromatic nitrogens is 2. The molecule has 0 unspecified atom stereocenters. The van der Waals surface area contributed by atoms with Crippen molar-refractivity contribution in [1.82, 2.24) is 9.13 Å². The van der Waals surface area contributed by atoms with E-state index in [0.29, 0.717) is 0 Å². The molecule has 0 radical (unpaired) electrons. The monoisotopic (exact) mass is 1460 g/mol. The van der Waals surface area contributed by atoms with Gasteiger partial charge in [-0.05, 0) is 165 Å². The zero-order chi connectivity index (χ0) is 75.6. The summed E-state index contributed by atoms with van der Waals surface area (Å²) in [5, 5.41) is 9.54. The van der Waals surface area contributed by atoms with Gasteiger partial charge < -0.3 is 18.9 Å². The summed E-state index contributed by atoms with van der Waals surface area (Å²) in [7, 11) is 0. The molecule has 2 aliphatic rings. The molecule has 0 fully saturated rings. The molecule has 0 N–H and O–H groups in total. The Morgan fingerprint density at radius 3 is 0.896 bits per heavy atom. The molecular weight excluding hydrogens is 1390 g/mol. The molecule has 4 nitrogen and oxygen atoms in total. The van der Waals surface area contributed by atoms with Crippen LogP contribution in [-0.2, 0) is 0 Å².